The molecule has 0 aromatic heterocycles. The second kappa shape index (κ2) is 9.70. The number of ether oxygens (including phenoxy) is 2. The third-order valence-electron chi connectivity index (χ3n) is 4.39. The molecule has 138 valence electrons. The Morgan fingerprint density at radius 2 is 1.81 bits per heavy atom. The summed E-state index contributed by atoms with van der Waals surface area (Å²) in [5.74, 6) is 2.59. The molecule has 5 heteroatoms. The Bertz CT molecular complexity index is 699. The molecule has 0 unspecified atom stereocenters. The molecular weight excluding hydrogens is 326 g/mol. The lowest BCUT2D eigenvalue weighted by Crippen LogP contribution is -2.39. The molecule has 1 aliphatic rings. The number of hydrogen-bond acceptors (Lipinski definition) is 3. The van der Waals surface area contributed by atoms with E-state index in [1.807, 2.05) is 48.5 Å². The number of rotatable bonds is 8. The molecule has 26 heavy (non-hydrogen) atoms. The van der Waals surface area contributed by atoms with Crippen molar-refractivity contribution in [3.63, 3.8) is 0 Å². The van der Waals surface area contributed by atoms with Gasteiger partial charge in [0.05, 0.1) is 12.6 Å². The smallest absolute Gasteiger partial charge is 0.191 e. The van der Waals surface area contributed by atoms with Gasteiger partial charge < -0.3 is 20.1 Å². The maximum atomic E-state index is 6.07. The predicted molar refractivity (Wildman–Crippen MR) is 105 cm³/mol. The Labute approximate surface area is 155 Å². The van der Waals surface area contributed by atoms with Gasteiger partial charge in [-0.1, -0.05) is 36.4 Å². The van der Waals surface area contributed by atoms with Crippen molar-refractivity contribution in [3.05, 3.63) is 60.2 Å². The van der Waals surface area contributed by atoms with Crippen molar-refractivity contribution >= 4 is 5.96 Å². The number of hydrogen-bond donors (Lipinski definition) is 2. The summed E-state index contributed by atoms with van der Waals surface area (Å²) in [6.45, 7) is 1.92. The molecule has 0 heterocycles. The van der Waals surface area contributed by atoms with Crippen LogP contribution in [0, 0.1) is 0 Å². The first-order valence-electron chi connectivity index (χ1n) is 9.22. The highest BCUT2D eigenvalue weighted by molar-refractivity contribution is 5.79. The van der Waals surface area contributed by atoms with Gasteiger partial charge in [0.15, 0.2) is 5.96 Å². The Morgan fingerprint density at radius 1 is 1.04 bits per heavy atom. The van der Waals surface area contributed by atoms with Crippen molar-refractivity contribution in [3.8, 4) is 11.5 Å². The predicted octanol–water partition coefficient (Wildman–Crippen LogP) is 3.36. The summed E-state index contributed by atoms with van der Waals surface area (Å²) in [5.41, 5.74) is 1.14. The van der Waals surface area contributed by atoms with Crippen LogP contribution in [0.5, 0.6) is 11.5 Å². The topological polar surface area (TPSA) is 54.9 Å². The van der Waals surface area contributed by atoms with Crippen LogP contribution in [-0.2, 0) is 6.54 Å². The lowest BCUT2D eigenvalue weighted by molar-refractivity contribution is 0.119. The van der Waals surface area contributed by atoms with Gasteiger partial charge in [-0.05, 0) is 37.5 Å². The van der Waals surface area contributed by atoms with Gasteiger partial charge >= 0.3 is 0 Å². The zero-order valence-electron chi connectivity index (χ0n) is 15.3. The van der Waals surface area contributed by atoms with E-state index in [4.69, 9.17) is 9.47 Å². The molecule has 0 saturated heterocycles. The number of guanidine groups is 1. The first-order valence-corrected chi connectivity index (χ1v) is 9.22. The summed E-state index contributed by atoms with van der Waals surface area (Å²) in [6, 6.07) is 18.0. The number of benzene rings is 2. The van der Waals surface area contributed by atoms with Gasteiger partial charge in [-0.15, -0.1) is 0 Å². The van der Waals surface area contributed by atoms with Gasteiger partial charge in [0.2, 0.25) is 0 Å². The summed E-state index contributed by atoms with van der Waals surface area (Å²) in [7, 11) is 1.77. The molecule has 2 aromatic carbocycles. The van der Waals surface area contributed by atoms with Crippen molar-refractivity contribution in [1.82, 2.24) is 10.6 Å². The molecule has 0 atom stereocenters. The fourth-order valence-electron chi connectivity index (χ4n) is 2.69. The number of nitrogens with zero attached hydrogens (tertiary/aromatic N) is 1. The van der Waals surface area contributed by atoms with Crippen molar-refractivity contribution in [2.24, 2.45) is 4.99 Å². The first kappa shape index (κ1) is 18.1. The van der Waals surface area contributed by atoms with Crippen LogP contribution < -0.4 is 20.1 Å². The fourth-order valence-corrected chi connectivity index (χ4v) is 2.69. The van der Waals surface area contributed by atoms with E-state index in [1.54, 1.807) is 7.05 Å². The minimum Gasteiger partial charge on any atom is -0.492 e. The minimum atomic E-state index is 0.378. The molecule has 0 amide bonds. The lowest BCUT2D eigenvalue weighted by Gasteiger charge is -2.27. The van der Waals surface area contributed by atoms with Crippen LogP contribution in [0.3, 0.4) is 0 Å². The second-order valence-electron chi connectivity index (χ2n) is 6.29. The zero-order valence-corrected chi connectivity index (χ0v) is 15.3. The van der Waals surface area contributed by atoms with Gasteiger partial charge in [-0.2, -0.15) is 0 Å². The van der Waals surface area contributed by atoms with Crippen LogP contribution >= 0.6 is 0 Å². The Morgan fingerprint density at radius 3 is 2.54 bits per heavy atom. The van der Waals surface area contributed by atoms with E-state index in [2.05, 4.69) is 21.7 Å². The highest BCUT2D eigenvalue weighted by Gasteiger charge is 2.20. The third kappa shape index (κ3) is 5.41. The minimum absolute atomic E-state index is 0.378. The average Bonchev–Trinajstić information content (AvgIpc) is 2.66. The number of nitrogens with one attached hydrogen (secondary N) is 2. The van der Waals surface area contributed by atoms with E-state index >= 15 is 0 Å². The largest absolute Gasteiger partial charge is 0.492 e. The summed E-state index contributed by atoms with van der Waals surface area (Å²) in [6.07, 6.45) is 3.97. The van der Waals surface area contributed by atoms with E-state index < -0.39 is 0 Å². The van der Waals surface area contributed by atoms with Gasteiger partial charge in [-0.25, -0.2) is 0 Å². The van der Waals surface area contributed by atoms with Crippen LogP contribution in [0.4, 0.5) is 0 Å². The molecule has 0 bridgehead atoms. The number of aliphatic imine (C=N–C) groups is 1. The molecule has 0 aliphatic heterocycles. The summed E-state index contributed by atoms with van der Waals surface area (Å²) >= 11 is 0. The first-order chi connectivity index (χ1) is 12.8. The molecule has 0 radical (unpaired) electrons. The van der Waals surface area contributed by atoms with Crippen LogP contribution in [0.15, 0.2) is 59.6 Å². The van der Waals surface area contributed by atoms with E-state index in [-0.39, 0.29) is 0 Å². The standard InChI is InChI=1S/C21H27N3O2/c1-22-21(23-14-15-25-18-9-3-2-4-10-18)24-16-17-8-5-6-13-20(17)26-19-11-7-12-19/h2-6,8-10,13,19H,7,11-12,14-16H2,1H3,(H2,22,23,24). The zero-order chi connectivity index (χ0) is 18.0. The maximum Gasteiger partial charge on any atom is 0.191 e. The number of para-hydroxylation sites is 2. The van der Waals surface area contributed by atoms with Gasteiger partial charge in [0.1, 0.15) is 18.1 Å². The summed E-state index contributed by atoms with van der Waals surface area (Å²) in [5, 5.41) is 6.60. The molecule has 2 N–H and O–H groups in total. The highest BCUT2D eigenvalue weighted by Crippen LogP contribution is 2.27. The Kier molecular flexibility index (Phi) is 6.76. The van der Waals surface area contributed by atoms with Gasteiger partial charge in [0.25, 0.3) is 0 Å². The third-order valence-corrected chi connectivity index (χ3v) is 4.39. The quantitative estimate of drug-likeness (QED) is 0.434. The Hall–Kier alpha value is -2.69. The SMILES string of the molecule is CN=C(NCCOc1ccccc1)NCc1ccccc1OC1CCC1. The lowest BCUT2D eigenvalue weighted by atomic mass is 9.96. The molecular formula is C21H27N3O2. The maximum absolute atomic E-state index is 6.07. The molecule has 2 aromatic rings. The monoisotopic (exact) mass is 353 g/mol. The van der Waals surface area contributed by atoms with Crippen LogP contribution in [0.1, 0.15) is 24.8 Å². The fraction of sp³-hybridized carbons (Fsp3) is 0.381. The Balaban J connectivity index is 1.42. The van der Waals surface area contributed by atoms with Crippen molar-refractivity contribution in [2.75, 3.05) is 20.2 Å². The normalized spacial score (nSPS) is 14.4. The van der Waals surface area contributed by atoms with Gasteiger partial charge in [0, 0.05) is 19.2 Å². The highest BCUT2D eigenvalue weighted by atomic mass is 16.5. The molecule has 1 saturated carbocycles. The van der Waals surface area contributed by atoms with Crippen molar-refractivity contribution < 1.29 is 9.47 Å². The van der Waals surface area contributed by atoms with Crippen molar-refractivity contribution in [1.29, 1.82) is 0 Å². The van der Waals surface area contributed by atoms with Crippen LogP contribution in [-0.4, -0.2) is 32.3 Å². The second-order valence-corrected chi connectivity index (χ2v) is 6.29. The molecule has 3 rings (SSSR count). The van der Waals surface area contributed by atoms with Crippen LogP contribution in [0.25, 0.3) is 0 Å². The van der Waals surface area contributed by atoms with E-state index in [0.29, 0.717) is 25.8 Å². The van der Waals surface area contributed by atoms with Crippen molar-refractivity contribution in [2.45, 2.75) is 31.9 Å². The van der Waals surface area contributed by atoms with E-state index in [1.165, 1.54) is 6.42 Å². The summed E-state index contributed by atoms with van der Waals surface area (Å²) < 4.78 is 11.8. The molecule has 5 nitrogen and oxygen atoms in total. The summed E-state index contributed by atoms with van der Waals surface area (Å²) in [4.78, 5) is 4.26. The van der Waals surface area contributed by atoms with Crippen LogP contribution in [0.2, 0.25) is 0 Å². The van der Waals surface area contributed by atoms with E-state index in [9.17, 15) is 0 Å². The van der Waals surface area contributed by atoms with E-state index in [0.717, 1.165) is 35.9 Å². The van der Waals surface area contributed by atoms with Gasteiger partial charge in [-0.3, -0.25) is 4.99 Å². The average molecular weight is 353 g/mol. The molecule has 1 fully saturated rings. The molecule has 0 spiro atoms. The molecule has 1 aliphatic carbocycles.